The molecule has 0 aromatic heterocycles. The summed E-state index contributed by atoms with van der Waals surface area (Å²) in [5.41, 5.74) is 6.10. The lowest BCUT2D eigenvalue weighted by atomic mass is 10.1. The summed E-state index contributed by atoms with van der Waals surface area (Å²) in [6, 6.07) is 4.66. The van der Waals surface area contributed by atoms with Crippen LogP contribution in [0.5, 0.6) is 0 Å². The minimum absolute atomic E-state index is 0.0564. The number of sulfonamides is 1. The second kappa shape index (κ2) is 6.33. The standard InChI is InChI=1S/C14H21ClN2O2S/c1-2-12-6-4-3-5-9-17(12)20(18,19)14-10-11(15)7-8-13(14)16/h7-8,10,12H,2-6,9,16H2,1H3. The SMILES string of the molecule is CCC1CCCCCN1S(=O)(=O)c1cc(Cl)ccc1N. The van der Waals surface area contributed by atoms with E-state index in [0.29, 0.717) is 11.6 Å². The summed E-state index contributed by atoms with van der Waals surface area (Å²) in [5, 5.41) is 0.389. The Kier molecular flexibility index (Phi) is 4.94. The van der Waals surface area contributed by atoms with Crippen LogP contribution in [0.3, 0.4) is 0 Å². The van der Waals surface area contributed by atoms with Gasteiger partial charge in [0.15, 0.2) is 0 Å². The van der Waals surface area contributed by atoms with E-state index in [1.807, 2.05) is 6.92 Å². The second-order valence-electron chi connectivity index (χ2n) is 5.21. The molecule has 0 spiro atoms. The molecule has 0 aliphatic carbocycles. The number of nitrogens with zero attached hydrogens (tertiary/aromatic N) is 1. The molecule has 1 saturated heterocycles. The maximum atomic E-state index is 12.9. The van der Waals surface area contributed by atoms with Crippen LogP contribution in [0.15, 0.2) is 23.1 Å². The van der Waals surface area contributed by atoms with Crippen molar-refractivity contribution in [3.8, 4) is 0 Å². The van der Waals surface area contributed by atoms with Crippen LogP contribution in [0.2, 0.25) is 5.02 Å². The lowest BCUT2D eigenvalue weighted by Gasteiger charge is -2.28. The van der Waals surface area contributed by atoms with Gasteiger partial charge in [-0.15, -0.1) is 0 Å². The van der Waals surface area contributed by atoms with Crippen LogP contribution in [-0.4, -0.2) is 25.3 Å². The first-order valence-electron chi connectivity index (χ1n) is 7.03. The highest BCUT2D eigenvalue weighted by molar-refractivity contribution is 7.89. The van der Waals surface area contributed by atoms with E-state index >= 15 is 0 Å². The van der Waals surface area contributed by atoms with E-state index < -0.39 is 10.0 Å². The van der Waals surface area contributed by atoms with Gasteiger partial charge in [-0.25, -0.2) is 8.42 Å². The Morgan fingerprint density at radius 3 is 2.80 bits per heavy atom. The van der Waals surface area contributed by atoms with Gasteiger partial charge in [0.25, 0.3) is 0 Å². The molecule has 2 rings (SSSR count). The Balaban J connectivity index is 2.44. The van der Waals surface area contributed by atoms with Gasteiger partial charge in [0, 0.05) is 17.6 Å². The minimum atomic E-state index is -3.58. The smallest absolute Gasteiger partial charge is 0.245 e. The molecule has 1 heterocycles. The first kappa shape index (κ1) is 15.6. The van der Waals surface area contributed by atoms with E-state index in [-0.39, 0.29) is 16.6 Å². The number of hydrogen-bond donors (Lipinski definition) is 1. The third-order valence-corrected chi connectivity index (χ3v) is 6.10. The molecule has 1 fully saturated rings. The van der Waals surface area contributed by atoms with Gasteiger partial charge in [0.1, 0.15) is 4.90 Å². The molecular formula is C14H21ClN2O2S. The highest BCUT2D eigenvalue weighted by Gasteiger charge is 2.32. The largest absolute Gasteiger partial charge is 0.398 e. The van der Waals surface area contributed by atoms with Crippen LogP contribution in [0.25, 0.3) is 0 Å². The fourth-order valence-corrected chi connectivity index (χ4v) is 4.88. The van der Waals surface area contributed by atoms with Crippen molar-refractivity contribution in [3.05, 3.63) is 23.2 Å². The van der Waals surface area contributed by atoms with E-state index in [9.17, 15) is 8.42 Å². The van der Waals surface area contributed by atoms with Crippen LogP contribution in [-0.2, 0) is 10.0 Å². The average molecular weight is 317 g/mol. The van der Waals surface area contributed by atoms with Crippen molar-refractivity contribution >= 4 is 27.3 Å². The Labute approximate surface area is 126 Å². The van der Waals surface area contributed by atoms with Crippen molar-refractivity contribution in [2.24, 2.45) is 0 Å². The fraction of sp³-hybridized carbons (Fsp3) is 0.571. The average Bonchev–Trinajstić information content (AvgIpc) is 2.66. The summed E-state index contributed by atoms with van der Waals surface area (Å²) in [4.78, 5) is 0.130. The summed E-state index contributed by atoms with van der Waals surface area (Å²) in [6.07, 6.45) is 4.79. The van der Waals surface area contributed by atoms with Gasteiger partial charge in [-0.2, -0.15) is 4.31 Å². The van der Waals surface area contributed by atoms with Crippen molar-refractivity contribution in [3.63, 3.8) is 0 Å². The number of nitrogen functional groups attached to an aromatic ring is 1. The van der Waals surface area contributed by atoms with Crippen molar-refractivity contribution in [2.45, 2.75) is 50.0 Å². The Morgan fingerprint density at radius 2 is 2.10 bits per heavy atom. The molecule has 1 atom stereocenters. The van der Waals surface area contributed by atoms with Crippen molar-refractivity contribution in [2.75, 3.05) is 12.3 Å². The fourth-order valence-electron chi connectivity index (χ4n) is 2.73. The molecule has 20 heavy (non-hydrogen) atoms. The predicted molar refractivity (Wildman–Crippen MR) is 82.3 cm³/mol. The van der Waals surface area contributed by atoms with E-state index in [2.05, 4.69) is 0 Å². The number of halogens is 1. The normalized spacial score (nSPS) is 21.6. The zero-order valence-electron chi connectivity index (χ0n) is 11.7. The molecule has 2 N–H and O–H groups in total. The van der Waals surface area contributed by atoms with E-state index in [4.69, 9.17) is 17.3 Å². The van der Waals surface area contributed by atoms with Gasteiger partial charge in [-0.05, 0) is 37.5 Å². The van der Waals surface area contributed by atoms with Crippen molar-refractivity contribution in [1.82, 2.24) is 4.31 Å². The van der Waals surface area contributed by atoms with Crippen molar-refractivity contribution < 1.29 is 8.42 Å². The zero-order chi connectivity index (χ0) is 14.8. The lowest BCUT2D eigenvalue weighted by molar-refractivity contribution is 0.315. The van der Waals surface area contributed by atoms with Crippen molar-refractivity contribution in [1.29, 1.82) is 0 Å². The molecule has 1 aliphatic rings. The number of rotatable bonds is 3. The highest BCUT2D eigenvalue weighted by Crippen LogP contribution is 2.30. The summed E-state index contributed by atoms with van der Waals surface area (Å²) in [5.74, 6) is 0. The van der Waals surface area contributed by atoms with Gasteiger partial charge in [-0.3, -0.25) is 0 Å². The molecule has 1 aromatic carbocycles. The lowest BCUT2D eigenvalue weighted by Crippen LogP contribution is -2.39. The third kappa shape index (κ3) is 3.10. The quantitative estimate of drug-likeness (QED) is 0.870. The molecule has 6 heteroatoms. The molecule has 112 valence electrons. The summed E-state index contributed by atoms with van der Waals surface area (Å²) >= 11 is 5.93. The molecule has 4 nitrogen and oxygen atoms in total. The number of anilines is 1. The van der Waals surface area contributed by atoms with E-state index in [1.165, 1.54) is 6.07 Å². The molecule has 0 bridgehead atoms. The first-order valence-corrected chi connectivity index (χ1v) is 8.85. The summed E-state index contributed by atoms with van der Waals surface area (Å²) in [6.45, 7) is 2.59. The number of hydrogen-bond acceptors (Lipinski definition) is 3. The maximum Gasteiger partial charge on any atom is 0.245 e. The van der Waals surface area contributed by atoms with Gasteiger partial charge >= 0.3 is 0 Å². The molecule has 0 radical (unpaired) electrons. The van der Waals surface area contributed by atoms with Crippen LogP contribution >= 0.6 is 11.6 Å². The Hall–Kier alpha value is -0.780. The molecular weight excluding hydrogens is 296 g/mol. The molecule has 1 unspecified atom stereocenters. The van der Waals surface area contributed by atoms with E-state index in [0.717, 1.165) is 32.1 Å². The van der Waals surface area contributed by atoms with Gasteiger partial charge in [0.05, 0.1) is 5.69 Å². The Morgan fingerprint density at radius 1 is 1.35 bits per heavy atom. The van der Waals surface area contributed by atoms with Crippen LogP contribution in [0.4, 0.5) is 5.69 Å². The monoisotopic (exact) mass is 316 g/mol. The molecule has 1 aromatic rings. The predicted octanol–water partition coefficient (Wildman–Crippen LogP) is 3.27. The molecule has 0 saturated carbocycles. The van der Waals surface area contributed by atoms with Gasteiger partial charge in [-0.1, -0.05) is 31.4 Å². The molecule has 1 aliphatic heterocycles. The summed E-state index contributed by atoms with van der Waals surface area (Å²) in [7, 11) is -3.58. The van der Waals surface area contributed by atoms with Crippen LogP contribution in [0.1, 0.15) is 39.0 Å². The van der Waals surface area contributed by atoms with Crippen LogP contribution in [0, 0.1) is 0 Å². The third-order valence-electron chi connectivity index (χ3n) is 3.86. The number of nitrogens with two attached hydrogens (primary N) is 1. The topological polar surface area (TPSA) is 63.4 Å². The van der Waals surface area contributed by atoms with E-state index in [1.54, 1.807) is 16.4 Å². The van der Waals surface area contributed by atoms with Crippen LogP contribution < -0.4 is 5.73 Å². The second-order valence-corrected chi connectivity index (χ2v) is 7.50. The Bertz CT molecular complexity index is 575. The molecule has 0 amide bonds. The first-order chi connectivity index (χ1) is 9.46. The highest BCUT2D eigenvalue weighted by atomic mass is 35.5. The number of benzene rings is 1. The minimum Gasteiger partial charge on any atom is -0.398 e. The zero-order valence-corrected chi connectivity index (χ0v) is 13.3. The van der Waals surface area contributed by atoms with Gasteiger partial charge in [0.2, 0.25) is 10.0 Å². The summed E-state index contributed by atoms with van der Waals surface area (Å²) < 4.78 is 27.4. The maximum absolute atomic E-state index is 12.9. The van der Waals surface area contributed by atoms with Gasteiger partial charge < -0.3 is 5.73 Å².